The third-order valence-corrected chi connectivity index (χ3v) is 5.87. The molecule has 0 aliphatic carbocycles. The van der Waals surface area contributed by atoms with Crippen LogP contribution in [0.1, 0.15) is 16.7 Å². The number of nitrogens with zero attached hydrogens (tertiary/aromatic N) is 2. The molecule has 0 fully saturated rings. The fourth-order valence-corrected chi connectivity index (χ4v) is 3.98. The van der Waals surface area contributed by atoms with Gasteiger partial charge in [-0.3, -0.25) is 4.79 Å². The van der Waals surface area contributed by atoms with E-state index in [0.717, 1.165) is 22.6 Å². The van der Waals surface area contributed by atoms with Crippen LogP contribution >= 0.6 is 11.8 Å². The number of aromatic nitrogens is 2. The van der Waals surface area contributed by atoms with Crippen molar-refractivity contribution in [2.45, 2.75) is 19.6 Å². The van der Waals surface area contributed by atoms with Gasteiger partial charge in [0.05, 0.1) is 5.75 Å². The van der Waals surface area contributed by atoms with Gasteiger partial charge in [-0.25, -0.2) is 0 Å². The summed E-state index contributed by atoms with van der Waals surface area (Å²) in [5.41, 5.74) is 6.11. The van der Waals surface area contributed by atoms with E-state index in [4.69, 9.17) is 4.42 Å². The molecule has 0 saturated carbocycles. The number of carbonyl (C=O) groups excluding carboxylic acids is 1. The van der Waals surface area contributed by atoms with Crippen molar-refractivity contribution in [3.8, 4) is 22.9 Å². The van der Waals surface area contributed by atoms with Gasteiger partial charge in [0.1, 0.15) is 0 Å². The van der Waals surface area contributed by atoms with Crippen molar-refractivity contribution in [3.05, 3.63) is 89.5 Å². The number of hydrogen-bond acceptors (Lipinski definition) is 5. The second-order valence-electron chi connectivity index (χ2n) is 7.32. The van der Waals surface area contributed by atoms with E-state index >= 15 is 0 Å². The second-order valence-corrected chi connectivity index (χ2v) is 8.31. The summed E-state index contributed by atoms with van der Waals surface area (Å²) >= 11 is 1.60. The van der Waals surface area contributed by atoms with Crippen molar-refractivity contribution in [2.24, 2.45) is 0 Å². The third kappa shape index (κ3) is 5.41. The van der Waals surface area contributed by atoms with Gasteiger partial charge >= 0.3 is 0 Å². The largest absolute Gasteiger partial charge is 0.416 e. The zero-order valence-electron chi connectivity index (χ0n) is 17.5. The Kier molecular flexibility index (Phi) is 6.48. The molecule has 0 atom stereocenters. The Morgan fingerprint density at radius 1 is 0.871 bits per heavy atom. The number of benzene rings is 3. The molecule has 3 aromatic carbocycles. The summed E-state index contributed by atoms with van der Waals surface area (Å²) < 4.78 is 5.81. The lowest BCUT2D eigenvalue weighted by molar-refractivity contribution is -0.113. The van der Waals surface area contributed by atoms with Crippen LogP contribution < -0.4 is 5.32 Å². The van der Waals surface area contributed by atoms with Gasteiger partial charge in [0, 0.05) is 22.6 Å². The molecule has 156 valence electrons. The molecule has 1 aromatic heterocycles. The van der Waals surface area contributed by atoms with Crippen LogP contribution in [0.3, 0.4) is 0 Å². The molecule has 1 N–H and O–H groups in total. The Morgan fingerprint density at radius 2 is 1.48 bits per heavy atom. The van der Waals surface area contributed by atoms with Gasteiger partial charge in [-0.15, -0.1) is 22.0 Å². The predicted molar refractivity (Wildman–Crippen MR) is 126 cm³/mol. The zero-order valence-corrected chi connectivity index (χ0v) is 18.3. The van der Waals surface area contributed by atoms with Crippen LogP contribution in [0.25, 0.3) is 22.9 Å². The molecule has 6 heteroatoms. The summed E-state index contributed by atoms with van der Waals surface area (Å²) in [5.74, 6) is 2.13. The van der Waals surface area contributed by atoms with Crippen molar-refractivity contribution in [3.63, 3.8) is 0 Å². The molecule has 5 nitrogen and oxygen atoms in total. The van der Waals surface area contributed by atoms with Crippen LogP contribution in [-0.2, 0) is 10.5 Å². The van der Waals surface area contributed by atoms with Gasteiger partial charge in [0.2, 0.25) is 17.7 Å². The molecule has 0 bridgehead atoms. The molecule has 0 aliphatic heterocycles. The molecule has 4 rings (SSSR count). The SMILES string of the molecule is Cc1ccc(-c2nnc(-c3ccc(NC(=O)CSCc4ccccc4C)cc3)o2)cc1. The predicted octanol–water partition coefficient (Wildman–Crippen LogP) is 5.89. The maximum atomic E-state index is 12.3. The van der Waals surface area contributed by atoms with Crippen molar-refractivity contribution in [2.75, 3.05) is 11.1 Å². The molecule has 0 saturated heterocycles. The molecule has 0 aliphatic rings. The number of rotatable bonds is 7. The highest BCUT2D eigenvalue weighted by Crippen LogP contribution is 2.25. The molecule has 0 radical (unpaired) electrons. The van der Waals surface area contributed by atoms with Crippen LogP contribution in [0.2, 0.25) is 0 Å². The van der Waals surface area contributed by atoms with E-state index in [9.17, 15) is 4.79 Å². The highest BCUT2D eigenvalue weighted by Gasteiger charge is 2.11. The third-order valence-electron chi connectivity index (χ3n) is 4.89. The van der Waals surface area contributed by atoms with E-state index in [1.54, 1.807) is 11.8 Å². The summed E-state index contributed by atoms with van der Waals surface area (Å²) in [5, 5.41) is 11.2. The standard InChI is InChI=1S/C25H23N3O2S/c1-17-7-9-19(10-8-17)24-27-28-25(30-24)20-11-13-22(14-12-20)26-23(29)16-31-15-21-6-4-3-5-18(21)2/h3-14H,15-16H2,1-2H3,(H,26,29). The summed E-state index contributed by atoms with van der Waals surface area (Å²) in [6.07, 6.45) is 0. The van der Waals surface area contributed by atoms with E-state index in [1.807, 2.05) is 67.6 Å². The molecule has 1 heterocycles. The van der Waals surface area contributed by atoms with E-state index in [2.05, 4.69) is 34.6 Å². The first-order valence-electron chi connectivity index (χ1n) is 10.0. The van der Waals surface area contributed by atoms with Gasteiger partial charge < -0.3 is 9.73 Å². The van der Waals surface area contributed by atoms with E-state index in [-0.39, 0.29) is 5.91 Å². The lowest BCUT2D eigenvalue weighted by Crippen LogP contribution is -2.14. The van der Waals surface area contributed by atoms with Crippen LogP contribution in [0.15, 0.2) is 77.2 Å². The summed E-state index contributed by atoms with van der Waals surface area (Å²) in [4.78, 5) is 12.3. The van der Waals surface area contributed by atoms with Crippen molar-refractivity contribution < 1.29 is 9.21 Å². The number of carbonyl (C=O) groups is 1. The monoisotopic (exact) mass is 429 g/mol. The smallest absolute Gasteiger partial charge is 0.248 e. The number of amides is 1. The fourth-order valence-electron chi connectivity index (χ4n) is 3.07. The molecule has 31 heavy (non-hydrogen) atoms. The maximum Gasteiger partial charge on any atom is 0.248 e. The maximum absolute atomic E-state index is 12.3. The number of aryl methyl sites for hydroxylation is 2. The fraction of sp³-hybridized carbons (Fsp3) is 0.160. The van der Waals surface area contributed by atoms with Crippen LogP contribution in [0, 0.1) is 13.8 Å². The van der Waals surface area contributed by atoms with E-state index < -0.39 is 0 Å². The minimum absolute atomic E-state index is 0.0224. The molecule has 0 spiro atoms. The quantitative estimate of drug-likeness (QED) is 0.397. The molecular formula is C25H23N3O2S. The Labute approximate surface area is 185 Å². The minimum atomic E-state index is -0.0224. The topological polar surface area (TPSA) is 68.0 Å². The Hall–Kier alpha value is -3.38. The van der Waals surface area contributed by atoms with Crippen LogP contribution in [-0.4, -0.2) is 21.9 Å². The lowest BCUT2D eigenvalue weighted by atomic mass is 10.1. The first kappa shape index (κ1) is 20.9. The van der Waals surface area contributed by atoms with Gasteiger partial charge in [0.15, 0.2) is 0 Å². The van der Waals surface area contributed by atoms with Crippen LogP contribution in [0.4, 0.5) is 5.69 Å². The molecule has 0 unspecified atom stereocenters. The highest BCUT2D eigenvalue weighted by molar-refractivity contribution is 7.99. The second kappa shape index (κ2) is 9.62. The number of thioether (sulfide) groups is 1. The molecule has 1 amide bonds. The normalized spacial score (nSPS) is 10.8. The van der Waals surface area contributed by atoms with Gasteiger partial charge in [-0.05, 0) is 61.4 Å². The van der Waals surface area contributed by atoms with Crippen LogP contribution in [0.5, 0.6) is 0 Å². The first-order valence-corrected chi connectivity index (χ1v) is 11.2. The highest BCUT2D eigenvalue weighted by atomic mass is 32.2. The Bertz CT molecular complexity index is 1170. The summed E-state index contributed by atoms with van der Waals surface area (Å²) in [7, 11) is 0. The van der Waals surface area contributed by atoms with E-state index in [0.29, 0.717) is 17.5 Å². The van der Waals surface area contributed by atoms with Gasteiger partial charge in [0.25, 0.3) is 0 Å². The average molecular weight is 430 g/mol. The number of anilines is 1. The van der Waals surface area contributed by atoms with Crippen molar-refractivity contribution in [1.82, 2.24) is 10.2 Å². The van der Waals surface area contributed by atoms with Gasteiger partial charge in [-0.1, -0.05) is 42.0 Å². The van der Waals surface area contributed by atoms with Gasteiger partial charge in [-0.2, -0.15) is 0 Å². The van der Waals surface area contributed by atoms with Crippen molar-refractivity contribution >= 4 is 23.4 Å². The average Bonchev–Trinajstić information content (AvgIpc) is 3.26. The number of nitrogens with one attached hydrogen (secondary N) is 1. The minimum Gasteiger partial charge on any atom is -0.416 e. The van der Waals surface area contributed by atoms with E-state index in [1.165, 1.54) is 16.7 Å². The Balaban J connectivity index is 1.32. The molecule has 4 aromatic rings. The number of hydrogen-bond donors (Lipinski definition) is 1. The Morgan fingerprint density at radius 3 is 2.13 bits per heavy atom. The van der Waals surface area contributed by atoms with Crippen molar-refractivity contribution in [1.29, 1.82) is 0 Å². The molecular weight excluding hydrogens is 406 g/mol. The lowest BCUT2D eigenvalue weighted by Gasteiger charge is -2.07. The zero-order chi connectivity index (χ0) is 21.6. The summed E-state index contributed by atoms with van der Waals surface area (Å²) in [6, 6.07) is 23.6. The first-order chi connectivity index (χ1) is 15.1. The summed E-state index contributed by atoms with van der Waals surface area (Å²) in [6.45, 7) is 4.12.